The molecule has 0 aromatic heterocycles. The summed E-state index contributed by atoms with van der Waals surface area (Å²) in [6, 6.07) is -0.218. The van der Waals surface area contributed by atoms with Gasteiger partial charge in [-0.3, -0.25) is 4.79 Å². The second-order valence-electron chi connectivity index (χ2n) is 2.91. The first-order chi connectivity index (χ1) is 5.11. The molecule has 1 saturated carbocycles. The molecule has 0 aliphatic heterocycles. The van der Waals surface area contributed by atoms with Crippen molar-refractivity contribution in [2.45, 2.75) is 32.7 Å². The van der Waals surface area contributed by atoms with Gasteiger partial charge in [-0.05, 0) is 25.3 Å². The Balaban J connectivity index is 2.47. The van der Waals surface area contributed by atoms with E-state index in [0.717, 1.165) is 18.4 Å². The van der Waals surface area contributed by atoms with Crippen LogP contribution in [0.4, 0.5) is 0 Å². The van der Waals surface area contributed by atoms with E-state index < -0.39 is 0 Å². The molecule has 1 fully saturated rings. The normalized spacial score (nSPS) is 17.5. The van der Waals surface area contributed by atoms with E-state index in [4.69, 9.17) is 0 Å². The average Bonchev–Trinajstić information content (AvgIpc) is 2.65. The standard InChI is InChI=1S/C8H13NO2/c1-5(9-6(2)10)8(11)7-3-4-7/h5,11H,3-4H2,1-2H3,(H,9,10)/t5-/m0/s1. The smallest absolute Gasteiger partial charge is 0.217 e. The SMILES string of the molecule is CC(=O)N[C@@H](C)C(O)=C1CC1. The van der Waals surface area contributed by atoms with Gasteiger partial charge in [-0.25, -0.2) is 0 Å². The molecule has 3 nitrogen and oxygen atoms in total. The molecule has 0 spiro atoms. The van der Waals surface area contributed by atoms with Gasteiger partial charge in [0.05, 0.1) is 6.04 Å². The van der Waals surface area contributed by atoms with Gasteiger partial charge >= 0.3 is 0 Å². The molecule has 0 heterocycles. The molecule has 1 amide bonds. The molecule has 0 saturated heterocycles. The van der Waals surface area contributed by atoms with Crippen molar-refractivity contribution in [1.82, 2.24) is 5.32 Å². The summed E-state index contributed by atoms with van der Waals surface area (Å²) in [5.41, 5.74) is 1.08. The van der Waals surface area contributed by atoms with Gasteiger partial charge in [-0.2, -0.15) is 0 Å². The summed E-state index contributed by atoms with van der Waals surface area (Å²) in [4.78, 5) is 10.6. The van der Waals surface area contributed by atoms with Gasteiger partial charge in [0, 0.05) is 6.92 Å². The maximum absolute atomic E-state index is 10.6. The quantitative estimate of drug-likeness (QED) is 0.587. The third kappa shape index (κ3) is 2.26. The summed E-state index contributed by atoms with van der Waals surface area (Å²) < 4.78 is 0. The molecule has 3 heteroatoms. The Morgan fingerprint density at radius 2 is 2.18 bits per heavy atom. The van der Waals surface area contributed by atoms with E-state index in [9.17, 15) is 9.90 Å². The monoisotopic (exact) mass is 155 g/mol. The van der Waals surface area contributed by atoms with Crippen LogP contribution in [0.5, 0.6) is 0 Å². The van der Waals surface area contributed by atoms with Crippen LogP contribution in [0.3, 0.4) is 0 Å². The Bertz CT molecular complexity index is 202. The van der Waals surface area contributed by atoms with Crippen LogP contribution in [-0.2, 0) is 4.79 Å². The van der Waals surface area contributed by atoms with Crippen molar-refractivity contribution >= 4 is 5.91 Å². The molecule has 0 radical (unpaired) electrons. The second kappa shape index (κ2) is 2.95. The molecule has 1 atom stereocenters. The Labute approximate surface area is 66.1 Å². The van der Waals surface area contributed by atoms with Gasteiger partial charge < -0.3 is 10.4 Å². The number of aliphatic hydroxyl groups excluding tert-OH is 1. The van der Waals surface area contributed by atoms with Crippen molar-refractivity contribution in [3.05, 3.63) is 11.3 Å². The van der Waals surface area contributed by atoms with E-state index >= 15 is 0 Å². The molecular weight excluding hydrogens is 142 g/mol. The van der Waals surface area contributed by atoms with Gasteiger partial charge in [0.15, 0.2) is 0 Å². The van der Waals surface area contributed by atoms with Gasteiger partial charge in [-0.15, -0.1) is 0 Å². The third-order valence-corrected chi connectivity index (χ3v) is 1.69. The van der Waals surface area contributed by atoms with Crippen molar-refractivity contribution in [1.29, 1.82) is 0 Å². The lowest BCUT2D eigenvalue weighted by molar-refractivity contribution is -0.119. The van der Waals surface area contributed by atoms with Gasteiger partial charge in [-0.1, -0.05) is 0 Å². The number of aliphatic hydroxyl groups is 1. The predicted molar refractivity (Wildman–Crippen MR) is 42.2 cm³/mol. The van der Waals surface area contributed by atoms with Crippen molar-refractivity contribution in [3.63, 3.8) is 0 Å². The zero-order valence-corrected chi connectivity index (χ0v) is 6.85. The summed E-state index contributed by atoms with van der Waals surface area (Å²) in [6.45, 7) is 3.23. The van der Waals surface area contributed by atoms with Crippen LogP contribution in [-0.4, -0.2) is 17.1 Å². The Kier molecular flexibility index (Phi) is 2.17. The molecule has 1 aliphatic rings. The highest BCUT2D eigenvalue weighted by atomic mass is 16.3. The third-order valence-electron chi connectivity index (χ3n) is 1.69. The summed E-state index contributed by atoms with van der Waals surface area (Å²) in [5.74, 6) is 0.241. The summed E-state index contributed by atoms with van der Waals surface area (Å²) >= 11 is 0. The van der Waals surface area contributed by atoms with Crippen LogP contribution >= 0.6 is 0 Å². The molecule has 0 unspecified atom stereocenters. The number of hydrogen-bond acceptors (Lipinski definition) is 2. The first-order valence-corrected chi connectivity index (χ1v) is 3.79. The van der Waals surface area contributed by atoms with E-state index in [2.05, 4.69) is 5.32 Å². The summed E-state index contributed by atoms with van der Waals surface area (Å²) in [5, 5.41) is 12.0. The fourth-order valence-corrected chi connectivity index (χ4v) is 0.998. The topological polar surface area (TPSA) is 49.3 Å². The summed E-state index contributed by atoms with van der Waals surface area (Å²) in [6.07, 6.45) is 1.96. The fraction of sp³-hybridized carbons (Fsp3) is 0.625. The van der Waals surface area contributed by atoms with Crippen LogP contribution in [0.1, 0.15) is 26.7 Å². The minimum absolute atomic E-state index is 0.106. The van der Waals surface area contributed by atoms with Crippen LogP contribution < -0.4 is 5.32 Å². The Hall–Kier alpha value is -0.990. The Morgan fingerprint density at radius 1 is 1.64 bits per heavy atom. The highest BCUT2D eigenvalue weighted by molar-refractivity contribution is 5.73. The highest BCUT2D eigenvalue weighted by Crippen LogP contribution is 2.31. The van der Waals surface area contributed by atoms with Crippen LogP contribution in [0.2, 0.25) is 0 Å². The molecule has 1 rings (SSSR count). The fourth-order valence-electron chi connectivity index (χ4n) is 0.998. The van der Waals surface area contributed by atoms with Crippen molar-refractivity contribution in [2.24, 2.45) is 0 Å². The molecule has 0 aromatic rings. The van der Waals surface area contributed by atoms with Crippen molar-refractivity contribution in [3.8, 4) is 0 Å². The molecule has 1 aliphatic carbocycles. The minimum atomic E-state index is -0.218. The minimum Gasteiger partial charge on any atom is -0.510 e. The number of amides is 1. The largest absolute Gasteiger partial charge is 0.510 e. The van der Waals surface area contributed by atoms with E-state index in [0.29, 0.717) is 5.76 Å². The second-order valence-corrected chi connectivity index (χ2v) is 2.91. The molecule has 2 N–H and O–H groups in total. The lowest BCUT2D eigenvalue weighted by Gasteiger charge is -2.10. The van der Waals surface area contributed by atoms with Crippen molar-refractivity contribution < 1.29 is 9.90 Å². The Morgan fingerprint density at radius 3 is 2.55 bits per heavy atom. The van der Waals surface area contributed by atoms with Crippen LogP contribution in [0, 0.1) is 0 Å². The average molecular weight is 155 g/mol. The number of hydrogen-bond donors (Lipinski definition) is 2. The number of carbonyl (C=O) groups excluding carboxylic acids is 1. The van der Waals surface area contributed by atoms with Crippen LogP contribution in [0.15, 0.2) is 11.3 Å². The first-order valence-electron chi connectivity index (χ1n) is 3.79. The molecule has 0 aromatic carbocycles. The lowest BCUT2D eigenvalue weighted by Crippen LogP contribution is -2.31. The number of allylic oxidation sites excluding steroid dienone is 1. The van der Waals surface area contributed by atoms with E-state index in [1.54, 1.807) is 6.92 Å². The molecule has 11 heavy (non-hydrogen) atoms. The predicted octanol–water partition coefficient (Wildman–Crippen LogP) is 1.12. The molecule has 62 valence electrons. The van der Waals surface area contributed by atoms with E-state index in [1.165, 1.54) is 6.92 Å². The van der Waals surface area contributed by atoms with E-state index in [1.807, 2.05) is 0 Å². The molecule has 0 bridgehead atoms. The summed E-state index contributed by atoms with van der Waals surface area (Å²) in [7, 11) is 0. The van der Waals surface area contributed by atoms with Crippen LogP contribution in [0.25, 0.3) is 0 Å². The number of nitrogens with one attached hydrogen (secondary N) is 1. The highest BCUT2D eigenvalue weighted by Gasteiger charge is 2.21. The lowest BCUT2D eigenvalue weighted by atomic mass is 10.2. The number of carbonyl (C=O) groups is 1. The first kappa shape index (κ1) is 8.11. The maximum Gasteiger partial charge on any atom is 0.217 e. The molecular formula is C8H13NO2. The maximum atomic E-state index is 10.6. The van der Waals surface area contributed by atoms with Gasteiger partial charge in [0.2, 0.25) is 5.91 Å². The van der Waals surface area contributed by atoms with Gasteiger partial charge in [0.1, 0.15) is 5.76 Å². The zero-order valence-electron chi connectivity index (χ0n) is 6.85. The zero-order chi connectivity index (χ0) is 8.43. The van der Waals surface area contributed by atoms with Gasteiger partial charge in [0.25, 0.3) is 0 Å². The van der Waals surface area contributed by atoms with E-state index in [-0.39, 0.29) is 11.9 Å². The van der Waals surface area contributed by atoms with Crippen molar-refractivity contribution in [2.75, 3.05) is 0 Å². The number of rotatable bonds is 2.